The number of nitrogens with one attached hydrogen (secondary N) is 1. The molecule has 1 amide bonds. The minimum absolute atomic E-state index is 0.200. The Morgan fingerprint density at radius 2 is 1.76 bits per heavy atom. The fourth-order valence-corrected chi connectivity index (χ4v) is 1.87. The van der Waals surface area contributed by atoms with Crippen molar-refractivity contribution >= 4 is 11.6 Å². The fourth-order valence-electron chi connectivity index (χ4n) is 1.87. The van der Waals surface area contributed by atoms with Gasteiger partial charge in [0.2, 0.25) is 0 Å². The minimum Gasteiger partial charge on any atom is -0.389 e. The van der Waals surface area contributed by atoms with E-state index in [1.54, 1.807) is 31.2 Å². The Morgan fingerprint density at radius 3 is 2.33 bits per heavy atom. The predicted molar refractivity (Wildman–Crippen MR) is 76.1 cm³/mol. The summed E-state index contributed by atoms with van der Waals surface area (Å²) in [4.78, 5) is 12.0. The molecule has 0 aromatic heterocycles. The Bertz CT molecular complexity index is 667. The molecule has 5 heteroatoms. The quantitative estimate of drug-likeness (QED) is 0.908. The second kappa shape index (κ2) is 6.01. The fraction of sp³-hybridized carbons (Fsp3) is 0.188. The van der Waals surface area contributed by atoms with E-state index >= 15 is 0 Å². The third kappa shape index (κ3) is 3.44. The van der Waals surface area contributed by atoms with Gasteiger partial charge in [0.1, 0.15) is 11.6 Å². The van der Waals surface area contributed by atoms with Gasteiger partial charge in [-0.05, 0) is 43.2 Å². The highest BCUT2D eigenvalue weighted by Gasteiger charge is 2.14. The van der Waals surface area contributed by atoms with Crippen LogP contribution in [0.1, 0.15) is 34.5 Å². The second-order valence-corrected chi connectivity index (χ2v) is 4.83. The normalized spacial score (nSPS) is 12.0. The number of carbonyl (C=O) groups is 1. The van der Waals surface area contributed by atoms with Crippen LogP contribution >= 0.6 is 0 Å². The lowest BCUT2D eigenvalue weighted by Gasteiger charge is -2.09. The summed E-state index contributed by atoms with van der Waals surface area (Å²) < 4.78 is 26.8. The molecule has 0 aliphatic heterocycles. The van der Waals surface area contributed by atoms with Crippen molar-refractivity contribution < 1.29 is 18.7 Å². The number of hydrogen-bond acceptors (Lipinski definition) is 2. The van der Waals surface area contributed by atoms with Gasteiger partial charge >= 0.3 is 0 Å². The highest BCUT2D eigenvalue weighted by Crippen LogP contribution is 2.18. The molecule has 0 heterocycles. The van der Waals surface area contributed by atoms with Crippen LogP contribution < -0.4 is 5.32 Å². The smallest absolute Gasteiger partial charge is 0.258 e. The van der Waals surface area contributed by atoms with Gasteiger partial charge in [-0.15, -0.1) is 0 Å². The Kier molecular flexibility index (Phi) is 4.33. The Balaban J connectivity index is 2.20. The number of anilines is 1. The first kappa shape index (κ1) is 15.1. The second-order valence-electron chi connectivity index (χ2n) is 4.83. The molecule has 1 atom stereocenters. The van der Waals surface area contributed by atoms with Crippen LogP contribution in [0.3, 0.4) is 0 Å². The van der Waals surface area contributed by atoms with Crippen molar-refractivity contribution in [1.82, 2.24) is 0 Å². The predicted octanol–water partition coefficient (Wildman–Crippen LogP) is 3.58. The molecule has 3 nitrogen and oxygen atoms in total. The van der Waals surface area contributed by atoms with E-state index in [0.29, 0.717) is 17.3 Å². The van der Waals surface area contributed by atoms with Gasteiger partial charge in [-0.3, -0.25) is 4.79 Å². The van der Waals surface area contributed by atoms with Crippen LogP contribution in [0.2, 0.25) is 0 Å². The van der Waals surface area contributed by atoms with Crippen molar-refractivity contribution in [2.24, 2.45) is 0 Å². The molecular formula is C16H15F2NO2. The van der Waals surface area contributed by atoms with Gasteiger partial charge in [-0.25, -0.2) is 8.78 Å². The summed E-state index contributed by atoms with van der Waals surface area (Å²) in [6, 6.07) is 8.40. The van der Waals surface area contributed by atoms with Crippen LogP contribution in [-0.4, -0.2) is 11.0 Å². The molecule has 2 N–H and O–H groups in total. The van der Waals surface area contributed by atoms with Gasteiger partial charge in [0.05, 0.1) is 11.7 Å². The Hall–Kier alpha value is -2.27. The van der Waals surface area contributed by atoms with Crippen LogP contribution in [0.15, 0.2) is 36.4 Å². The van der Waals surface area contributed by atoms with Crippen LogP contribution in [-0.2, 0) is 0 Å². The van der Waals surface area contributed by atoms with Crippen molar-refractivity contribution in [3.8, 4) is 0 Å². The van der Waals surface area contributed by atoms with Gasteiger partial charge in [0.15, 0.2) is 0 Å². The molecule has 0 aliphatic carbocycles. The summed E-state index contributed by atoms with van der Waals surface area (Å²) in [5, 5.41) is 11.9. The van der Waals surface area contributed by atoms with Crippen molar-refractivity contribution in [2.75, 3.05) is 5.32 Å². The standard InChI is InChI=1S/C16H15F2NO2/c1-9-7-13(15(18)8-14(9)17)16(21)19-12-5-3-11(4-6-12)10(2)20/h3-8,10,20H,1-2H3,(H,19,21). The highest BCUT2D eigenvalue weighted by molar-refractivity contribution is 6.04. The Morgan fingerprint density at radius 1 is 1.14 bits per heavy atom. The largest absolute Gasteiger partial charge is 0.389 e. The monoisotopic (exact) mass is 291 g/mol. The average Bonchev–Trinajstić information content (AvgIpc) is 2.43. The van der Waals surface area contributed by atoms with Crippen molar-refractivity contribution in [2.45, 2.75) is 20.0 Å². The first-order chi connectivity index (χ1) is 9.88. The molecule has 2 aromatic carbocycles. The van der Waals surface area contributed by atoms with Crippen molar-refractivity contribution in [1.29, 1.82) is 0 Å². The van der Waals surface area contributed by atoms with E-state index in [1.165, 1.54) is 13.0 Å². The number of carbonyl (C=O) groups excluding carboxylic acids is 1. The first-order valence-corrected chi connectivity index (χ1v) is 6.43. The summed E-state index contributed by atoms with van der Waals surface area (Å²) in [7, 11) is 0. The molecule has 1 unspecified atom stereocenters. The number of benzene rings is 2. The van der Waals surface area contributed by atoms with Crippen molar-refractivity contribution in [3.63, 3.8) is 0 Å². The highest BCUT2D eigenvalue weighted by atomic mass is 19.1. The van der Waals surface area contributed by atoms with Crippen LogP contribution in [0.4, 0.5) is 14.5 Å². The van der Waals surface area contributed by atoms with E-state index in [0.717, 1.165) is 0 Å². The number of aliphatic hydroxyl groups excluding tert-OH is 1. The SMILES string of the molecule is Cc1cc(C(=O)Nc2ccc(C(C)O)cc2)c(F)cc1F. The molecule has 110 valence electrons. The maximum Gasteiger partial charge on any atom is 0.258 e. The van der Waals surface area contributed by atoms with Crippen LogP contribution in [0.25, 0.3) is 0 Å². The number of aryl methyl sites for hydroxylation is 1. The summed E-state index contributed by atoms with van der Waals surface area (Å²) in [5.41, 5.74) is 1.15. The molecule has 0 bridgehead atoms. The van der Waals surface area contributed by atoms with Crippen LogP contribution in [0.5, 0.6) is 0 Å². The average molecular weight is 291 g/mol. The molecule has 0 saturated carbocycles. The zero-order chi connectivity index (χ0) is 15.6. The maximum atomic E-state index is 13.6. The minimum atomic E-state index is -0.906. The number of halogens is 2. The van der Waals surface area contributed by atoms with E-state index in [-0.39, 0.29) is 11.1 Å². The molecule has 0 fully saturated rings. The summed E-state index contributed by atoms with van der Waals surface area (Å²) in [6.45, 7) is 3.09. The molecule has 0 spiro atoms. The molecule has 0 saturated heterocycles. The molecular weight excluding hydrogens is 276 g/mol. The van der Waals surface area contributed by atoms with Crippen molar-refractivity contribution in [3.05, 3.63) is 64.7 Å². The van der Waals surface area contributed by atoms with Gasteiger partial charge in [-0.1, -0.05) is 12.1 Å². The first-order valence-electron chi connectivity index (χ1n) is 6.43. The zero-order valence-electron chi connectivity index (χ0n) is 11.7. The van der Waals surface area contributed by atoms with Gasteiger partial charge in [0, 0.05) is 11.8 Å². The lowest BCUT2D eigenvalue weighted by molar-refractivity contribution is 0.102. The third-order valence-corrected chi connectivity index (χ3v) is 3.14. The number of amides is 1. The van der Waals surface area contributed by atoms with Gasteiger partial charge in [0.25, 0.3) is 5.91 Å². The zero-order valence-corrected chi connectivity index (χ0v) is 11.7. The third-order valence-electron chi connectivity index (χ3n) is 3.14. The summed E-state index contributed by atoms with van der Waals surface area (Å²) >= 11 is 0. The van der Waals surface area contributed by atoms with E-state index in [9.17, 15) is 18.7 Å². The molecule has 2 rings (SSSR count). The number of aliphatic hydroxyl groups is 1. The Labute approximate surface area is 121 Å². The number of rotatable bonds is 3. The molecule has 21 heavy (non-hydrogen) atoms. The van der Waals surface area contributed by atoms with Crippen LogP contribution in [0, 0.1) is 18.6 Å². The molecule has 2 aromatic rings. The summed E-state index contributed by atoms with van der Waals surface area (Å²) in [6.07, 6.45) is -0.605. The maximum absolute atomic E-state index is 13.6. The van der Waals surface area contributed by atoms with Gasteiger partial charge < -0.3 is 10.4 Å². The number of hydrogen-bond donors (Lipinski definition) is 2. The summed E-state index contributed by atoms with van der Waals surface area (Å²) in [5.74, 6) is -2.25. The molecule has 0 aliphatic rings. The lowest BCUT2D eigenvalue weighted by atomic mass is 10.1. The van der Waals surface area contributed by atoms with E-state index < -0.39 is 23.6 Å². The lowest BCUT2D eigenvalue weighted by Crippen LogP contribution is -2.14. The van der Waals surface area contributed by atoms with E-state index in [1.807, 2.05) is 0 Å². The van der Waals surface area contributed by atoms with E-state index in [2.05, 4.69) is 5.32 Å². The van der Waals surface area contributed by atoms with Gasteiger partial charge in [-0.2, -0.15) is 0 Å². The van der Waals surface area contributed by atoms with E-state index in [4.69, 9.17) is 0 Å². The molecule has 0 radical (unpaired) electrons. The topological polar surface area (TPSA) is 49.3 Å².